The Morgan fingerprint density at radius 2 is 1.84 bits per heavy atom. The third kappa shape index (κ3) is 3.14. The van der Waals surface area contributed by atoms with E-state index in [-0.39, 0.29) is 5.76 Å². The van der Waals surface area contributed by atoms with E-state index in [1.165, 1.54) is 7.11 Å². The number of para-hydroxylation sites is 2. The van der Waals surface area contributed by atoms with Crippen molar-refractivity contribution in [2.45, 2.75) is 6.61 Å². The Bertz CT molecular complexity index is 558. The topological polar surface area (TPSA) is 57.9 Å². The maximum atomic E-state index is 11.9. The molecule has 0 radical (unpaired) electrons. The van der Waals surface area contributed by atoms with Gasteiger partial charge in [-0.2, -0.15) is 0 Å². The molecular formula is C14H14O5. The molecule has 2 aromatic rings. The van der Waals surface area contributed by atoms with Gasteiger partial charge >= 0.3 is 5.97 Å². The largest absolute Gasteiger partial charge is 0.493 e. The highest BCUT2D eigenvalue weighted by molar-refractivity contribution is 5.88. The summed E-state index contributed by atoms with van der Waals surface area (Å²) in [6.45, 7) is 0.307. The van der Waals surface area contributed by atoms with Gasteiger partial charge in [-0.3, -0.25) is 0 Å². The SMILES string of the molecule is COCc1ccc(C(=O)Oc2ccccc2OC)o1. The van der Waals surface area contributed by atoms with Crippen molar-refractivity contribution in [1.29, 1.82) is 0 Å². The average molecular weight is 262 g/mol. The van der Waals surface area contributed by atoms with E-state index in [4.69, 9.17) is 18.6 Å². The number of rotatable bonds is 5. The van der Waals surface area contributed by atoms with Crippen molar-refractivity contribution >= 4 is 5.97 Å². The van der Waals surface area contributed by atoms with E-state index in [1.54, 1.807) is 43.5 Å². The molecule has 0 amide bonds. The number of benzene rings is 1. The first-order valence-electron chi connectivity index (χ1n) is 5.67. The summed E-state index contributed by atoms with van der Waals surface area (Å²) in [5.74, 6) is 0.943. The predicted molar refractivity (Wildman–Crippen MR) is 67.4 cm³/mol. The number of carbonyl (C=O) groups excluding carboxylic acids is 1. The van der Waals surface area contributed by atoms with Crippen LogP contribution in [0.5, 0.6) is 11.5 Å². The summed E-state index contributed by atoms with van der Waals surface area (Å²) < 4.78 is 20.5. The first-order chi connectivity index (χ1) is 9.24. The molecule has 19 heavy (non-hydrogen) atoms. The zero-order valence-corrected chi connectivity index (χ0v) is 10.7. The molecule has 1 heterocycles. The molecule has 0 bridgehead atoms. The Morgan fingerprint density at radius 1 is 1.11 bits per heavy atom. The minimum Gasteiger partial charge on any atom is -0.493 e. The van der Waals surface area contributed by atoms with Crippen LogP contribution in [0.25, 0.3) is 0 Å². The van der Waals surface area contributed by atoms with E-state index in [2.05, 4.69) is 0 Å². The van der Waals surface area contributed by atoms with Crippen LogP contribution in [0.4, 0.5) is 0 Å². The second kappa shape index (κ2) is 6.06. The summed E-state index contributed by atoms with van der Waals surface area (Å²) in [5.41, 5.74) is 0. The van der Waals surface area contributed by atoms with Gasteiger partial charge in [-0.1, -0.05) is 12.1 Å². The predicted octanol–water partition coefficient (Wildman–Crippen LogP) is 2.65. The summed E-state index contributed by atoms with van der Waals surface area (Å²) >= 11 is 0. The van der Waals surface area contributed by atoms with Crippen molar-refractivity contribution < 1.29 is 23.4 Å². The summed E-state index contributed by atoms with van der Waals surface area (Å²) in [5, 5.41) is 0. The molecule has 0 fully saturated rings. The van der Waals surface area contributed by atoms with Gasteiger partial charge in [0.05, 0.1) is 7.11 Å². The second-order valence-corrected chi connectivity index (χ2v) is 3.74. The highest BCUT2D eigenvalue weighted by atomic mass is 16.6. The molecule has 2 rings (SSSR count). The maximum Gasteiger partial charge on any atom is 0.379 e. The fourth-order valence-electron chi connectivity index (χ4n) is 1.56. The Hall–Kier alpha value is -2.27. The van der Waals surface area contributed by atoms with Crippen LogP contribution in [0, 0.1) is 0 Å². The highest BCUT2D eigenvalue weighted by Gasteiger charge is 2.15. The van der Waals surface area contributed by atoms with E-state index >= 15 is 0 Å². The Balaban J connectivity index is 2.11. The number of carbonyl (C=O) groups is 1. The van der Waals surface area contributed by atoms with Gasteiger partial charge in [0.1, 0.15) is 12.4 Å². The van der Waals surface area contributed by atoms with Gasteiger partial charge in [0.25, 0.3) is 0 Å². The summed E-state index contributed by atoms with van der Waals surface area (Å²) in [6.07, 6.45) is 0. The highest BCUT2D eigenvalue weighted by Crippen LogP contribution is 2.26. The Morgan fingerprint density at radius 3 is 2.53 bits per heavy atom. The minimum absolute atomic E-state index is 0.123. The zero-order valence-electron chi connectivity index (χ0n) is 10.7. The summed E-state index contributed by atoms with van der Waals surface area (Å²) in [7, 11) is 3.06. The van der Waals surface area contributed by atoms with Crippen LogP contribution in [0.2, 0.25) is 0 Å². The minimum atomic E-state index is -0.577. The van der Waals surface area contributed by atoms with Crippen LogP contribution in [0.3, 0.4) is 0 Å². The van der Waals surface area contributed by atoms with Crippen LogP contribution in [0.15, 0.2) is 40.8 Å². The molecule has 0 N–H and O–H groups in total. The molecule has 5 heteroatoms. The number of hydrogen-bond acceptors (Lipinski definition) is 5. The van der Waals surface area contributed by atoms with Gasteiger partial charge in [-0.15, -0.1) is 0 Å². The van der Waals surface area contributed by atoms with Crippen molar-refractivity contribution in [3.8, 4) is 11.5 Å². The lowest BCUT2D eigenvalue weighted by molar-refractivity contribution is 0.0688. The first-order valence-corrected chi connectivity index (χ1v) is 5.67. The van der Waals surface area contributed by atoms with E-state index in [0.717, 1.165) is 0 Å². The van der Waals surface area contributed by atoms with E-state index in [9.17, 15) is 4.79 Å². The van der Waals surface area contributed by atoms with E-state index < -0.39 is 5.97 Å². The Labute approximate surface area is 110 Å². The fraction of sp³-hybridized carbons (Fsp3) is 0.214. The number of furan rings is 1. The molecule has 0 aliphatic carbocycles. The van der Waals surface area contributed by atoms with E-state index in [1.807, 2.05) is 0 Å². The lowest BCUT2D eigenvalue weighted by Crippen LogP contribution is -2.08. The molecule has 0 aliphatic heterocycles. The molecule has 0 atom stereocenters. The standard InChI is InChI=1S/C14H14O5/c1-16-9-10-7-8-13(18-10)14(15)19-12-6-4-3-5-11(12)17-2/h3-8H,9H2,1-2H3. The van der Waals surface area contributed by atoms with E-state index in [0.29, 0.717) is 23.9 Å². The van der Waals surface area contributed by atoms with Gasteiger partial charge in [-0.05, 0) is 24.3 Å². The molecule has 0 aliphatic rings. The zero-order chi connectivity index (χ0) is 13.7. The van der Waals surface area contributed by atoms with Crippen LogP contribution in [-0.4, -0.2) is 20.2 Å². The number of hydrogen-bond donors (Lipinski definition) is 0. The fourth-order valence-corrected chi connectivity index (χ4v) is 1.56. The van der Waals surface area contributed by atoms with Crippen LogP contribution in [0.1, 0.15) is 16.3 Å². The summed E-state index contributed by atoms with van der Waals surface area (Å²) in [4.78, 5) is 11.9. The van der Waals surface area contributed by atoms with Gasteiger partial charge in [0, 0.05) is 7.11 Å². The quantitative estimate of drug-likeness (QED) is 0.612. The van der Waals surface area contributed by atoms with Gasteiger partial charge < -0.3 is 18.6 Å². The molecule has 1 aromatic heterocycles. The van der Waals surface area contributed by atoms with Gasteiger partial charge in [0.15, 0.2) is 11.5 Å². The van der Waals surface area contributed by atoms with Crippen molar-refractivity contribution in [1.82, 2.24) is 0 Å². The van der Waals surface area contributed by atoms with Gasteiger partial charge in [0.2, 0.25) is 5.76 Å². The molecule has 0 unspecified atom stereocenters. The maximum absolute atomic E-state index is 11.9. The summed E-state index contributed by atoms with van der Waals surface area (Å²) in [6, 6.07) is 10.1. The van der Waals surface area contributed by atoms with Crippen LogP contribution >= 0.6 is 0 Å². The number of esters is 1. The second-order valence-electron chi connectivity index (χ2n) is 3.74. The third-order valence-electron chi connectivity index (χ3n) is 2.42. The third-order valence-corrected chi connectivity index (χ3v) is 2.42. The van der Waals surface area contributed by atoms with Crippen molar-refractivity contribution in [3.63, 3.8) is 0 Å². The lowest BCUT2D eigenvalue weighted by atomic mass is 10.3. The molecule has 0 spiro atoms. The molecular weight excluding hydrogens is 248 g/mol. The monoisotopic (exact) mass is 262 g/mol. The smallest absolute Gasteiger partial charge is 0.379 e. The van der Waals surface area contributed by atoms with Crippen molar-refractivity contribution in [2.24, 2.45) is 0 Å². The molecule has 0 saturated carbocycles. The van der Waals surface area contributed by atoms with Crippen LogP contribution in [-0.2, 0) is 11.3 Å². The van der Waals surface area contributed by atoms with Gasteiger partial charge in [-0.25, -0.2) is 4.79 Å². The molecule has 0 saturated heterocycles. The first kappa shape index (κ1) is 13.2. The molecule has 1 aromatic carbocycles. The van der Waals surface area contributed by atoms with Crippen molar-refractivity contribution in [2.75, 3.05) is 14.2 Å². The number of methoxy groups -OCH3 is 2. The molecule has 5 nitrogen and oxygen atoms in total. The lowest BCUT2D eigenvalue weighted by Gasteiger charge is -2.07. The number of ether oxygens (including phenoxy) is 3. The molecule has 100 valence electrons. The van der Waals surface area contributed by atoms with Crippen LogP contribution < -0.4 is 9.47 Å². The Kier molecular flexibility index (Phi) is 4.20. The van der Waals surface area contributed by atoms with Crippen molar-refractivity contribution in [3.05, 3.63) is 47.9 Å². The average Bonchev–Trinajstić information content (AvgIpc) is 2.88. The normalized spacial score (nSPS) is 10.2.